The minimum absolute atomic E-state index is 0.132. The molecule has 0 saturated heterocycles. The van der Waals surface area contributed by atoms with Crippen molar-refractivity contribution < 1.29 is 13.9 Å². The van der Waals surface area contributed by atoms with Gasteiger partial charge in [0.15, 0.2) is 12.4 Å². The number of carbonyl (C=O) groups is 1. The van der Waals surface area contributed by atoms with Crippen molar-refractivity contribution >= 4 is 11.9 Å². The summed E-state index contributed by atoms with van der Waals surface area (Å²) in [5.41, 5.74) is 1.71. The molecular formula is C17H15FN4O2. The number of benzene rings is 2. The maximum absolute atomic E-state index is 12.9. The summed E-state index contributed by atoms with van der Waals surface area (Å²) in [6.07, 6.45) is 0. The van der Waals surface area contributed by atoms with Crippen LogP contribution >= 0.6 is 0 Å². The van der Waals surface area contributed by atoms with Gasteiger partial charge in [-0.05, 0) is 48.9 Å². The average molecular weight is 326 g/mol. The van der Waals surface area contributed by atoms with Crippen LogP contribution in [0.4, 0.5) is 10.3 Å². The maximum atomic E-state index is 12.9. The number of nitrogens with zero attached hydrogens (tertiary/aromatic N) is 2. The molecule has 7 heteroatoms. The van der Waals surface area contributed by atoms with Crippen molar-refractivity contribution in [2.45, 2.75) is 6.92 Å². The van der Waals surface area contributed by atoms with Gasteiger partial charge in [0.2, 0.25) is 5.95 Å². The average Bonchev–Trinajstić information content (AvgIpc) is 3.02. The SMILES string of the molecule is Cc1cccc(OCC(=O)Nc2n[nH]c(-c3ccc(F)cc3)n2)c1. The molecule has 122 valence electrons. The molecule has 2 aromatic carbocycles. The second kappa shape index (κ2) is 6.91. The highest BCUT2D eigenvalue weighted by Gasteiger charge is 2.10. The maximum Gasteiger partial charge on any atom is 0.264 e. The summed E-state index contributed by atoms with van der Waals surface area (Å²) >= 11 is 0. The second-order valence-corrected chi connectivity index (χ2v) is 5.17. The summed E-state index contributed by atoms with van der Waals surface area (Å²) in [5, 5.41) is 9.13. The Hall–Kier alpha value is -3.22. The number of hydrogen-bond acceptors (Lipinski definition) is 4. The summed E-state index contributed by atoms with van der Waals surface area (Å²) in [7, 11) is 0. The number of hydrogen-bond donors (Lipinski definition) is 2. The Kier molecular flexibility index (Phi) is 4.51. The van der Waals surface area contributed by atoms with Crippen LogP contribution < -0.4 is 10.1 Å². The van der Waals surface area contributed by atoms with Crippen LogP contribution in [0, 0.1) is 12.7 Å². The predicted octanol–water partition coefficient (Wildman–Crippen LogP) is 2.94. The van der Waals surface area contributed by atoms with Crippen molar-refractivity contribution in [3.8, 4) is 17.1 Å². The number of rotatable bonds is 5. The van der Waals surface area contributed by atoms with Gasteiger partial charge in [0.05, 0.1) is 0 Å². The monoisotopic (exact) mass is 326 g/mol. The third-order valence-corrected chi connectivity index (χ3v) is 3.21. The molecule has 1 aromatic heterocycles. The van der Waals surface area contributed by atoms with Gasteiger partial charge in [-0.15, -0.1) is 5.10 Å². The minimum Gasteiger partial charge on any atom is -0.484 e. The minimum atomic E-state index is -0.374. The molecule has 0 spiro atoms. The Labute approximate surface area is 137 Å². The Balaban J connectivity index is 1.58. The Morgan fingerprint density at radius 2 is 2.04 bits per heavy atom. The molecular weight excluding hydrogens is 311 g/mol. The molecule has 0 aliphatic rings. The van der Waals surface area contributed by atoms with Gasteiger partial charge in [-0.1, -0.05) is 12.1 Å². The summed E-state index contributed by atoms with van der Waals surface area (Å²) in [4.78, 5) is 16.0. The Bertz CT molecular complexity index is 846. The van der Waals surface area contributed by atoms with Crippen LogP contribution in [0.5, 0.6) is 5.75 Å². The lowest BCUT2D eigenvalue weighted by molar-refractivity contribution is -0.118. The van der Waals surface area contributed by atoms with Crippen molar-refractivity contribution in [2.24, 2.45) is 0 Å². The Morgan fingerprint density at radius 3 is 2.79 bits per heavy atom. The van der Waals surface area contributed by atoms with Crippen LogP contribution in [0.2, 0.25) is 0 Å². The predicted molar refractivity (Wildman–Crippen MR) is 87.1 cm³/mol. The lowest BCUT2D eigenvalue weighted by Gasteiger charge is -2.05. The van der Waals surface area contributed by atoms with E-state index in [0.717, 1.165) is 5.56 Å². The van der Waals surface area contributed by atoms with Gasteiger partial charge in [-0.2, -0.15) is 4.98 Å². The van der Waals surface area contributed by atoms with E-state index in [1.165, 1.54) is 12.1 Å². The van der Waals surface area contributed by atoms with Crippen LogP contribution in [-0.2, 0) is 4.79 Å². The number of halogens is 1. The molecule has 24 heavy (non-hydrogen) atoms. The van der Waals surface area contributed by atoms with Gasteiger partial charge in [0, 0.05) is 5.56 Å². The number of carbonyl (C=O) groups excluding carboxylic acids is 1. The highest BCUT2D eigenvalue weighted by Crippen LogP contribution is 2.16. The van der Waals surface area contributed by atoms with Crippen LogP contribution in [0.1, 0.15) is 5.56 Å². The third-order valence-electron chi connectivity index (χ3n) is 3.21. The molecule has 0 saturated carbocycles. The van der Waals surface area contributed by atoms with Gasteiger partial charge < -0.3 is 4.74 Å². The first-order chi connectivity index (χ1) is 11.6. The van der Waals surface area contributed by atoms with Crippen molar-refractivity contribution in [2.75, 3.05) is 11.9 Å². The molecule has 0 aliphatic carbocycles. The topological polar surface area (TPSA) is 79.9 Å². The normalized spacial score (nSPS) is 10.4. The highest BCUT2D eigenvalue weighted by molar-refractivity contribution is 5.90. The number of anilines is 1. The lowest BCUT2D eigenvalue weighted by Crippen LogP contribution is -2.20. The fourth-order valence-electron chi connectivity index (χ4n) is 2.07. The fraction of sp³-hybridized carbons (Fsp3) is 0.118. The summed E-state index contributed by atoms with van der Waals surface area (Å²) < 4.78 is 18.3. The van der Waals surface area contributed by atoms with Crippen molar-refractivity contribution in [3.05, 3.63) is 59.9 Å². The van der Waals surface area contributed by atoms with Crippen molar-refractivity contribution in [3.63, 3.8) is 0 Å². The van der Waals surface area contributed by atoms with Crippen LogP contribution in [0.25, 0.3) is 11.4 Å². The Morgan fingerprint density at radius 1 is 1.25 bits per heavy atom. The zero-order valence-electron chi connectivity index (χ0n) is 12.9. The molecule has 0 radical (unpaired) electrons. The van der Waals surface area contributed by atoms with Gasteiger partial charge in [0.25, 0.3) is 5.91 Å². The van der Waals surface area contributed by atoms with Crippen molar-refractivity contribution in [1.82, 2.24) is 15.2 Å². The lowest BCUT2D eigenvalue weighted by atomic mass is 10.2. The summed E-state index contributed by atoms with van der Waals surface area (Å²) in [5.74, 6) is 0.477. The smallest absolute Gasteiger partial charge is 0.264 e. The zero-order chi connectivity index (χ0) is 16.9. The number of H-pyrrole nitrogens is 1. The molecule has 0 fully saturated rings. The second-order valence-electron chi connectivity index (χ2n) is 5.17. The largest absolute Gasteiger partial charge is 0.484 e. The standard InChI is InChI=1S/C17H15FN4O2/c1-11-3-2-4-14(9-11)24-10-15(23)19-17-20-16(21-22-17)12-5-7-13(18)8-6-12/h2-9H,10H2,1H3,(H2,19,20,21,22,23). The van der Waals surface area contributed by atoms with Gasteiger partial charge in [-0.3, -0.25) is 15.2 Å². The van der Waals surface area contributed by atoms with Gasteiger partial charge in [0.1, 0.15) is 11.6 Å². The molecule has 1 heterocycles. The van der Waals surface area contributed by atoms with Gasteiger partial charge in [-0.25, -0.2) is 4.39 Å². The van der Waals surface area contributed by atoms with Crippen molar-refractivity contribution in [1.29, 1.82) is 0 Å². The van der Waals surface area contributed by atoms with Crippen LogP contribution in [-0.4, -0.2) is 27.7 Å². The van der Waals surface area contributed by atoms with Crippen LogP contribution in [0.3, 0.4) is 0 Å². The molecule has 3 rings (SSSR count). The molecule has 0 bridgehead atoms. The number of amides is 1. The van der Waals surface area contributed by atoms with E-state index >= 15 is 0 Å². The van der Waals surface area contributed by atoms with E-state index in [0.29, 0.717) is 17.1 Å². The third kappa shape index (κ3) is 3.95. The molecule has 0 aliphatic heterocycles. The van der Waals surface area contributed by atoms with E-state index in [1.54, 1.807) is 18.2 Å². The van der Waals surface area contributed by atoms with E-state index < -0.39 is 0 Å². The number of ether oxygens (including phenoxy) is 1. The highest BCUT2D eigenvalue weighted by atomic mass is 19.1. The molecule has 0 atom stereocenters. The number of aromatic nitrogens is 3. The van der Waals surface area contributed by atoms with Gasteiger partial charge >= 0.3 is 0 Å². The number of aryl methyl sites for hydroxylation is 1. The summed E-state index contributed by atoms with van der Waals surface area (Å²) in [6, 6.07) is 13.2. The van der Waals surface area contributed by atoms with Crippen LogP contribution in [0.15, 0.2) is 48.5 Å². The zero-order valence-corrected chi connectivity index (χ0v) is 12.9. The van der Waals surface area contributed by atoms with E-state index in [2.05, 4.69) is 20.5 Å². The van der Waals surface area contributed by atoms with E-state index in [-0.39, 0.29) is 24.3 Å². The molecule has 6 nitrogen and oxygen atoms in total. The molecule has 1 amide bonds. The molecule has 3 aromatic rings. The first-order valence-electron chi connectivity index (χ1n) is 7.28. The fourth-order valence-corrected chi connectivity index (χ4v) is 2.07. The molecule has 2 N–H and O–H groups in total. The number of nitrogens with one attached hydrogen (secondary N) is 2. The van der Waals surface area contributed by atoms with E-state index in [4.69, 9.17) is 4.74 Å². The number of aromatic amines is 1. The van der Waals surface area contributed by atoms with E-state index in [9.17, 15) is 9.18 Å². The first-order valence-corrected chi connectivity index (χ1v) is 7.28. The summed E-state index contributed by atoms with van der Waals surface area (Å²) in [6.45, 7) is 1.79. The first kappa shape index (κ1) is 15.7. The molecule has 0 unspecified atom stereocenters. The quantitative estimate of drug-likeness (QED) is 0.755. The van der Waals surface area contributed by atoms with E-state index in [1.807, 2.05) is 25.1 Å².